The summed E-state index contributed by atoms with van der Waals surface area (Å²) in [6, 6.07) is 14.5. The molecule has 0 radical (unpaired) electrons. The predicted octanol–water partition coefficient (Wildman–Crippen LogP) is 9.96. The summed E-state index contributed by atoms with van der Waals surface area (Å²) in [7, 11) is 0. The highest BCUT2D eigenvalue weighted by atomic mass is 16.3. The van der Waals surface area contributed by atoms with Crippen LogP contribution in [0.1, 0.15) is 48.8 Å². The van der Waals surface area contributed by atoms with Gasteiger partial charge in [-0.25, -0.2) is 4.99 Å². The summed E-state index contributed by atoms with van der Waals surface area (Å²) in [5, 5.41) is 1.05. The molecule has 0 aliphatic carbocycles. The number of aliphatic imine (C=N–C) groups is 1. The number of furan rings is 1. The summed E-state index contributed by atoms with van der Waals surface area (Å²) in [6.45, 7) is 23.8. The minimum absolute atomic E-state index is 0.733. The number of fused-ring (bicyclic) bond motifs is 1. The van der Waals surface area contributed by atoms with E-state index in [1.54, 1.807) is 18.2 Å². The average Bonchev–Trinajstić information content (AvgIpc) is 3.23. The zero-order valence-electron chi connectivity index (χ0n) is 22.3. The van der Waals surface area contributed by atoms with Crippen molar-refractivity contribution in [2.24, 2.45) is 4.99 Å². The molecule has 0 amide bonds. The summed E-state index contributed by atoms with van der Waals surface area (Å²) in [6.07, 6.45) is 15.3. The fourth-order valence-electron chi connectivity index (χ4n) is 4.14. The van der Waals surface area contributed by atoms with Gasteiger partial charge in [-0.05, 0) is 62.1 Å². The second-order valence-electron chi connectivity index (χ2n) is 8.68. The Bertz CT molecular complexity index is 1490. The molecule has 0 N–H and O–H groups in total. The molecule has 0 aliphatic heterocycles. The summed E-state index contributed by atoms with van der Waals surface area (Å²) in [5.41, 5.74) is 9.51. The van der Waals surface area contributed by atoms with Crippen LogP contribution in [0.15, 0.2) is 138 Å². The lowest BCUT2D eigenvalue weighted by Gasteiger charge is -2.10. The first-order valence-corrected chi connectivity index (χ1v) is 12.3. The van der Waals surface area contributed by atoms with E-state index >= 15 is 0 Å². The van der Waals surface area contributed by atoms with E-state index in [4.69, 9.17) is 9.41 Å². The smallest absolute Gasteiger partial charge is 0.157 e. The number of allylic oxidation sites excluding steroid dienone is 10. The van der Waals surface area contributed by atoms with Gasteiger partial charge in [0.1, 0.15) is 11.3 Å². The molecule has 3 rings (SSSR count). The fraction of sp³-hybridized carbons (Fsp3) is 0.114. The summed E-state index contributed by atoms with van der Waals surface area (Å²) in [4.78, 5) is 5.11. The van der Waals surface area contributed by atoms with Crippen molar-refractivity contribution in [1.82, 2.24) is 0 Å². The lowest BCUT2D eigenvalue weighted by atomic mass is 9.98. The topological polar surface area (TPSA) is 25.5 Å². The maximum Gasteiger partial charge on any atom is 0.157 e. The van der Waals surface area contributed by atoms with Crippen LogP contribution in [-0.2, 0) is 0 Å². The third-order valence-corrected chi connectivity index (χ3v) is 6.10. The van der Waals surface area contributed by atoms with E-state index in [0.717, 1.165) is 67.1 Å². The van der Waals surface area contributed by atoms with Crippen LogP contribution in [0.3, 0.4) is 0 Å². The normalized spacial score (nSPS) is 13.3. The molecule has 0 bridgehead atoms. The van der Waals surface area contributed by atoms with Gasteiger partial charge in [0.25, 0.3) is 0 Å². The first kappa shape index (κ1) is 27.2. The highest BCUT2D eigenvalue weighted by Gasteiger charge is 2.19. The maximum absolute atomic E-state index is 6.47. The van der Waals surface area contributed by atoms with Gasteiger partial charge in [0, 0.05) is 16.5 Å². The molecular formula is C35H35NO. The fourth-order valence-corrected chi connectivity index (χ4v) is 4.14. The molecule has 0 spiro atoms. The van der Waals surface area contributed by atoms with Gasteiger partial charge < -0.3 is 4.42 Å². The Hall–Kier alpha value is -4.43. The molecule has 0 saturated heterocycles. The van der Waals surface area contributed by atoms with Gasteiger partial charge in [0.2, 0.25) is 0 Å². The third-order valence-electron chi connectivity index (χ3n) is 6.10. The zero-order chi connectivity index (χ0) is 26.9. The summed E-state index contributed by atoms with van der Waals surface area (Å²) in [5.74, 6) is 0.733. The number of rotatable bonds is 10. The molecule has 2 aromatic carbocycles. The van der Waals surface area contributed by atoms with Crippen molar-refractivity contribution >= 4 is 27.8 Å². The first-order chi connectivity index (χ1) is 17.9. The van der Waals surface area contributed by atoms with Crippen LogP contribution in [0.5, 0.6) is 0 Å². The van der Waals surface area contributed by atoms with Gasteiger partial charge in [-0.15, -0.1) is 0 Å². The van der Waals surface area contributed by atoms with Crippen LogP contribution in [-0.4, -0.2) is 5.71 Å². The van der Waals surface area contributed by atoms with Crippen LogP contribution in [0.25, 0.3) is 22.1 Å². The molecular weight excluding hydrogens is 450 g/mol. The van der Waals surface area contributed by atoms with Crippen LogP contribution < -0.4 is 0 Å². The second-order valence-corrected chi connectivity index (χ2v) is 8.68. The molecule has 0 unspecified atom stereocenters. The molecule has 1 aromatic heterocycles. The lowest BCUT2D eigenvalue weighted by molar-refractivity contribution is 0.602. The van der Waals surface area contributed by atoms with E-state index < -0.39 is 0 Å². The van der Waals surface area contributed by atoms with Gasteiger partial charge in [0.15, 0.2) is 5.76 Å². The maximum atomic E-state index is 6.47. The lowest BCUT2D eigenvalue weighted by Crippen LogP contribution is -2.05. The highest BCUT2D eigenvalue weighted by Crippen LogP contribution is 2.32. The van der Waals surface area contributed by atoms with Crippen molar-refractivity contribution in [2.75, 3.05) is 0 Å². The molecule has 0 fully saturated rings. The van der Waals surface area contributed by atoms with Gasteiger partial charge >= 0.3 is 0 Å². The Kier molecular flexibility index (Phi) is 9.18. The summed E-state index contributed by atoms with van der Waals surface area (Å²) < 4.78 is 6.47. The largest absolute Gasteiger partial charge is 0.454 e. The molecule has 3 aromatic rings. The molecule has 1 heterocycles. The molecule has 0 saturated carbocycles. The highest BCUT2D eigenvalue weighted by molar-refractivity contribution is 6.14. The van der Waals surface area contributed by atoms with Crippen LogP contribution >= 0.6 is 0 Å². The van der Waals surface area contributed by atoms with E-state index in [0.29, 0.717) is 0 Å². The molecule has 37 heavy (non-hydrogen) atoms. The first-order valence-electron chi connectivity index (χ1n) is 12.3. The SMILES string of the molecule is C=C/C=C(C=C)/C(=C/C)N=C(c1ccc(C(=C)C)cc1)c1oc2ccc(C(/C=C\C)=C/C=C)cc2c1C. The Balaban J connectivity index is 2.29. The average molecular weight is 486 g/mol. The number of nitrogens with zero attached hydrogens (tertiary/aromatic N) is 1. The quantitative estimate of drug-likeness (QED) is 0.207. The summed E-state index contributed by atoms with van der Waals surface area (Å²) >= 11 is 0. The third kappa shape index (κ3) is 6.05. The van der Waals surface area contributed by atoms with E-state index in [9.17, 15) is 0 Å². The standard InChI is InChI=1S/C35H35NO/c1-9-14-26(12-4)32(13-5)36-34(29-19-17-27(18-20-29)24(6)7)35-25(8)31-23-30(21-22-33(31)37-35)28(15-10-2)16-11-3/h9-23H,1-2,4,6H2,3,5,7-8H3/b16-11-,26-14+,28-15+,32-13-,36-34?. The van der Waals surface area contributed by atoms with Gasteiger partial charge in [-0.1, -0.05) is 111 Å². The second kappa shape index (κ2) is 12.5. The molecule has 2 nitrogen and oxygen atoms in total. The van der Waals surface area contributed by atoms with Crippen molar-refractivity contribution in [3.8, 4) is 0 Å². The van der Waals surface area contributed by atoms with Crippen molar-refractivity contribution in [3.63, 3.8) is 0 Å². The Morgan fingerprint density at radius 1 is 0.892 bits per heavy atom. The van der Waals surface area contributed by atoms with Crippen molar-refractivity contribution < 1.29 is 4.42 Å². The van der Waals surface area contributed by atoms with Crippen LogP contribution in [0.2, 0.25) is 0 Å². The van der Waals surface area contributed by atoms with Gasteiger partial charge in [-0.2, -0.15) is 0 Å². The van der Waals surface area contributed by atoms with Crippen molar-refractivity contribution in [3.05, 3.63) is 157 Å². The van der Waals surface area contributed by atoms with E-state index in [2.05, 4.69) is 75.7 Å². The molecule has 2 heteroatoms. The monoisotopic (exact) mass is 485 g/mol. The Morgan fingerprint density at radius 3 is 2.11 bits per heavy atom. The number of aryl methyl sites for hydroxylation is 1. The predicted molar refractivity (Wildman–Crippen MR) is 163 cm³/mol. The Labute approximate surface area is 221 Å². The minimum atomic E-state index is 0.733. The zero-order valence-corrected chi connectivity index (χ0v) is 22.3. The van der Waals surface area contributed by atoms with Crippen molar-refractivity contribution in [1.29, 1.82) is 0 Å². The van der Waals surface area contributed by atoms with E-state index in [-0.39, 0.29) is 0 Å². The van der Waals surface area contributed by atoms with Crippen LogP contribution in [0, 0.1) is 6.92 Å². The minimum Gasteiger partial charge on any atom is -0.454 e. The Morgan fingerprint density at radius 2 is 1.54 bits per heavy atom. The number of hydrogen-bond acceptors (Lipinski definition) is 2. The van der Waals surface area contributed by atoms with Crippen molar-refractivity contribution in [2.45, 2.75) is 27.7 Å². The van der Waals surface area contributed by atoms with E-state index in [1.807, 2.05) is 51.1 Å². The molecule has 186 valence electrons. The number of hydrogen-bond donors (Lipinski definition) is 0. The van der Waals surface area contributed by atoms with Gasteiger partial charge in [-0.3, -0.25) is 0 Å². The number of benzene rings is 2. The van der Waals surface area contributed by atoms with Gasteiger partial charge in [0.05, 0.1) is 5.70 Å². The molecule has 0 aliphatic rings. The van der Waals surface area contributed by atoms with E-state index in [1.165, 1.54) is 0 Å². The van der Waals surface area contributed by atoms with Crippen LogP contribution in [0.4, 0.5) is 0 Å². The molecule has 0 atom stereocenters.